The Balaban J connectivity index is 2.59. The Morgan fingerprint density at radius 1 is 1.36 bits per heavy atom. The molecule has 0 atom stereocenters. The predicted molar refractivity (Wildman–Crippen MR) is 57.3 cm³/mol. The van der Waals surface area contributed by atoms with Crippen molar-refractivity contribution in [3.05, 3.63) is 36.7 Å². The molecule has 0 bridgehead atoms. The second-order valence-electron chi connectivity index (χ2n) is 2.94. The fourth-order valence-electron chi connectivity index (χ4n) is 1.38. The second kappa shape index (κ2) is 3.33. The summed E-state index contributed by atoms with van der Waals surface area (Å²) in [6.07, 6.45) is 3.49. The minimum absolute atomic E-state index is 0.0608. The molecule has 0 fully saturated rings. The van der Waals surface area contributed by atoms with Gasteiger partial charge in [-0.05, 0) is 12.1 Å². The molecule has 14 heavy (non-hydrogen) atoms. The Labute approximate surface area is 81.3 Å². The van der Waals surface area contributed by atoms with E-state index in [0.717, 1.165) is 16.5 Å². The molecule has 0 spiro atoms. The lowest BCUT2D eigenvalue weighted by molar-refractivity contribution is 1.36. The molecule has 4 heteroatoms. The summed E-state index contributed by atoms with van der Waals surface area (Å²) < 4.78 is 0. The van der Waals surface area contributed by atoms with Crippen LogP contribution in [0.5, 0.6) is 0 Å². The molecule has 0 aliphatic rings. The zero-order chi connectivity index (χ0) is 9.97. The zero-order valence-electron chi connectivity index (χ0n) is 7.49. The minimum Gasteiger partial charge on any atom is -0.370 e. The lowest BCUT2D eigenvalue weighted by atomic mass is 10.1. The van der Waals surface area contributed by atoms with Gasteiger partial charge in [0.25, 0.3) is 0 Å². The summed E-state index contributed by atoms with van der Waals surface area (Å²) in [4.78, 5) is 4.02. The Morgan fingerprint density at radius 3 is 3.00 bits per heavy atom. The lowest BCUT2D eigenvalue weighted by Crippen LogP contribution is -2.20. The number of fused-ring (bicyclic) bond motifs is 1. The van der Waals surface area contributed by atoms with Crippen molar-refractivity contribution in [2.45, 2.75) is 0 Å². The number of benzene rings is 1. The monoisotopic (exact) mass is 186 g/mol. The van der Waals surface area contributed by atoms with Crippen molar-refractivity contribution in [2.75, 3.05) is 5.32 Å². The molecule has 1 aromatic heterocycles. The molecule has 0 amide bonds. The van der Waals surface area contributed by atoms with Crippen LogP contribution in [0.25, 0.3) is 10.8 Å². The molecule has 4 N–H and O–H groups in total. The van der Waals surface area contributed by atoms with E-state index in [1.165, 1.54) is 0 Å². The molecule has 0 unspecified atom stereocenters. The lowest BCUT2D eigenvalue weighted by Gasteiger charge is -2.06. The number of rotatable bonds is 1. The van der Waals surface area contributed by atoms with Crippen molar-refractivity contribution in [1.82, 2.24) is 4.98 Å². The molecule has 0 aliphatic heterocycles. The molecule has 0 saturated carbocycles. The van der Waals surface area contributed by atoms with Gasteiger partial charge in [-0.2, -0.15) is 0 Å². The molecule has 0 aliphatic carbocycles. The zero-order valence-corrected chi connectivity index (χ0v) is 7.49. The molecule has 2 aromatic rings. The van der Waals surface area contributed by atoms with Gasteiger partial charge in [0, 0.05) is 28.9 Å². The predicted octanol–water partition coefficient (Wildman–Crippen LogP) is 1.54. The van der Waals surface area contributed by atoms with Gasteiger partial charge in [0.1, 0.15) is 0 Å². The molecule has 0 saturated heterocycles. The Kier molecular flexibility index (Phi) is 2.02. The van der Waals surface area contributed by atoms with E-state index in [9.17, 15) is 0 Å². The third-order valence-corrected chi connectivity index (χ3v) is 1.95. The largest absolute Gasteiger partial charge is 0.370 e. The third kappa shape index (κ3) is 1.50. The Bertz CT molecular complexity index is 473. The van der Waals surface area contributed by atoms with Crippen LogP contribution in [0, 0.1) is 5.41 Å². The van der Waals surface area contributed by atoms with Gasteiger partial charge in [-0.25, -0.2) is 0 Å². The number of hydrogen-bond acceptors (Lipinski definition) is 2. The highest BCUT2D eigenvalue weighted by molar-refractivity contribution is 6.01. The van der Waals surface area contributed by atoms with Gasteiger partial charge < -0.3 is 11.1 Å². The maximum atomic E-state index is 7.16. The number of pyridine rings is 1. The first-order valence-corrected chi connectivity index (χ1v) is 4.21. The van der Waals surface area contributed by atoms with Crippen molar-refractivity contribution in [3.63, 3.8) is 0 Å². The van der Waals surface area contributed by atoms with Crippen molar-refractivity contribution in [2.24, 2.45) is 5.73 Å². The van der Waals surface area contributed by atoms with Crippen LogP contribution in [0.15, 0.2) is 36.7 Å². The summed E-state index contributed by atoms with van der Waals surface area (Å²) in [6, 6.07) is 7.63. The molecule has 70 valence electrons. The van der Waals surface area contributed by atoms with E-state index in [2.05, 4.69) is 10.3 Å². The number of nitrogens with one attached hydrogen (secondary N) is 2. The number of anilines is 1. The van der Waals surface area contributed by atoms with E-state index in [0.29, 0.717) is 0 Å². The summed E-state index contributed by atoms with van der Waals surface area (Å²) in [5.41, 5.74) is 6.10. The highest BCUT2D eigenvalue weighted by Crippen LogP contribution is 2.21. The maximum Gasteiger partial charge on any atom is 0.190 e. The average Bonchev–Trinajstić information content (AvgIpc) is 2.18. The fourth-order valence-corrected chi connectivity index (χ4v) is 1.38. The van der Waals surface area contributed by atoms with E-state index in [4.69, 9.17) is 11.1 Å². The smallest absolute Gasteiger partial charge is 0.190 e. The first-order chi connectivity index (χ1) is 6.77. The molecule has 0 radical (unpaired) electrons. The van der Waals surface area contributed by atoms with E-state index in [1.54, 1.807) is 12.4 Å². The van der Waals surface area contributed by atoms with Gasteiger partial charge in [-0.15, -0.1) is 0 Å². The van der Waals surface area contributed by atoms with E-state index in [-0.39, 0.29) is 5.96 Å². The van der Waals surface area contributed by atoms with Gasteiger partial charge in [0.2, 0.25) is 0 Å². The first-order valence-electron chi connectivity index (χ1n) is 4.21. The number of aromatic nitrogens is 1. The van der Waals surface area contributed by atoms with Crippen molar-refractivity contribution < 1.29 is 0 Å². The van der Waals surface area contributed by atoms with Crippen LogP contribution >= 0.6 is 0 Å². The van der Waals surface area contributed by atoms with Gasteiger partial charge in [0.05, 0.1) is 0 Å². The summed E-state index contributed by atoms with van der Waals surface area (Å²) in [5.74, 6) is -0.0608. The van der Waals surface area contributed by atoms with Gasteiger partial charge in [-0.3, -0.25) is 10.4 Å². The van der Waals surface area contributed by atoms with E-state index in [1.807, 2.05) is 24.3 Å². The molecule has 2 rings (SSSR count). The normalized spacial score (nSPS) is 10.0. The third-order valence-electron chi connectivity index (χ3n) is 1.95. The molecule has 1 heterocycles. The molecular weight excluding hydrogens is 176 g/mol. The highest BCUT2D eigenvalue weighted by atomic mass is 15.0. The van der Waals surface area contributed by atoms with Crippen LogP contribution in [0.2, 0.25) is 0 Å². The number of nitrogens with zero attached hydrogens (tertiary/aromatic N) is 1. The van der Waals surface area contributed by atoms with Crippen LogP contribution in [0.4, 0.5) is 5.69 Å². The summed E-state index contributed by atoms with van der Waals surface area (Å²) in [6.45, 7) is 0. The Morgan fingerprint density at radius 2 is 2.21 bits per heavy atom. The molecule has 1 aromatic carbocycles. The highest BCUT2D eigenvalue weighted by Gasteiger charge is 1.99. The first kappa shape index (κ1) is 8.50. The molecule has 4 nitrogen and oxygen atoms in total. The van der Waals surface area contributed by atoms with Crippen molar-refractivity contribution in [1.29, 1.82) is 5.41 Å². The van der Waals surface area contributed by atoms with Gasteiger partial charge in [-0.1, -0.05) is 12.1 Å². The van der Waals surface area contributed by atoms with Crippen LogP contribution in [0.1, 0.15) is 0 Å². The summed E-state index contributed by atoms with van der Waals surface area (Å²) in [5, 5.41) is 12.0. The van der Waals surface area contributed by atoms with Crippen LogP contribution in [-0.4, -0.2) is 10.9 Å². The van der Waals surface area contributed by atoms with Gasteiger partial charge in [0.15, 0.2) is 5.96 Å². The maximum absolute atomic E-state index is 7.16. The summed E-state index contributed by atoms with van der Waals surface area (Å²) >= 11 is 0. The van der Waals surface area contributed by atoms with Crippen molar-refractivity contribution >= 4 is 22.4 Å². The standard InChI is InChI=1S/C10H10N4/c11-10(12)14-9-3-1-2-7-6-13-5-4-8(7)9/h1-6H,(H4,11,12,14). The quantitative estimate of drug-likeness (QED) is 0.467. The second-order valence-corrected chi connectivity index (χ2v) is 2.94. The number of guanidine groups is 1. The van der Waals surface area contributed by atoms with Crippen molar-refractivity contribution in [3.8, 4) is 0 Å². The summed E-state index contributed by atoms with van der Waals surface area (Å²) in [7, 11) is 0. The van der Waals surface area contributed by atoms with Gasteiger partial charge >= 0.3 is 0 Å². The van der Waals surface area contributed by atoms with E-state index < -0.39 is 0 Å². The number of nitrogens with two attached hydrogens (primary N) is 1. The van der Waals surface area contributed by atoms with E-state index >= 15 is 0 Å². The fraction of sp³-hybridized carbons (Fsp3) is 0. The van der Waals surface area contributed by atoms with Crippen LogP contribution in [-0.2, 0) is 0 Å². The topological polar surface area (TPSA) is 74.8 Å². The Hall–Kier alpha value is -2.10. The van der Waals surface area contributed by atoms with Crippen LogP contribution < -0.4 is 11.1 Å². The van der Waals surface area contributed by atoms with Crippen LogP contribution in [0.3, 0.4) is 0 Å². The SMILES string of the molecule is N=C(N)Nc1cccc2cnccc12. The molecular formula is C10H10N4. The number of hydrogen-bond donors (Lipinski definition) is 3. The average molecular weight is 186 g/mol. The minimum atomic E-state index is -0.0608.